The van der Waals surface area contributed by atoms with Gasteiger partial charge in [0.05, 0.1) is 0 Å². The molecule has 0 bridgehead atoms. The molecule has 2 aromatic rings. The van der Waals surface area contributed by atoms with Gasteiger partial charge in [-0.05, 0) is 43.6 Å². The van der Waals surface area contributed by atoms with Gasteiger partial charge in [-0.2, -0.15) is 0 Å². The summed E-state index contributed by atoms with van der Waals surface area (Å²) in [4.78, 5) is 44.4. The van der Waals surface area contributed by atoms with Crippen molar-refractivity contribution in [3.05, 3.63) is 52.0 Å². The van der Waals surface area contributed by atoms with Crippen LogP contribution in [-0.4, -0.2) is 58.0 Å². The molecule has 1 unspecified atom stereocenters. The number of carbonyl (C=O) groups is 3. The molecule has 0 saturated heterocycles. The molecule has 228 valence electrons. The molecule has 0 fully saturated rings. The van der Waals surface area contributed by atoms with Crippen LogP contribution in [0.4, 0.5) is 0 Å². The first-order chi connectivity index (χ1) is 19.7. The summed E-state index contributed by atoms with van der Waals surface area (Å²) in [6.45, 7) is 11.8. The van der Waals surface area contributed by atoms with E-state index >= 15 is 0 Å². The normalized spacial score (nSPS) is 13.5. The number of nitrogens with zero attached hydrogens (tertiary/aromatic N) is 2. The fraction of sp³-hybridized carbons (Fsp3) is 0.625. The van der Waals surface area contributed by atoms with Crippen molar-refractivity contribution in [3.63, 3.8) is 0 Å². The van der Waals surface area contributed by atoms with Gasteiger partial charge in [0.15, 0.2) is 0 Å². The van der Waals surface area contributed by atoms with Gasteiger partial charge in [0.2, 0.25) is 5.91 Å². The molecule has 2 amide bonds. The van der Waals surface area contributed by atoms with E-state index in [9.17, 15) is 19.5 Å². The molecule has 0 saturated carbocycles. The second-order valence-electron chi connectivity index (χ2n) is 11.0. The van der Waals surface area contributed by atoms with Gasteiger partial charge in [0, 0.05) is 49.9 Å². The molecular formula is C32H49N3O5S. The Bertz CT molecular complexity index is 1060. The first-order valence-electron chi connectivity index (χ1n) is 15.1. The quantitative estimate of drug-likeness (QED) is 0.179. The van der Waals surface area contributed by atoms with Crippen molar-refractivity contribution in [2.75, 3.05) is 13.2 Å². The van der Waals surface area contributed by atoms with E-state index < -0.39 is 5.97 Å². The lowest BCUT2D eigenvalue weighted by atomic mass is 9.95. The number of ether oxygens (including phenoxy) is 1. The Labute approximate surface area is 249 Å². The van der Waals surface area contributed by atoms with Gasteiger partial charge in [-0.3, -0.25) is 14.4 Å². The molecule has 0 spiro atoms. The van der Waals surface area contributed by atoms with Crippen molar-refractivity contribution in [2.45, 2.75) is 111 Å². The highest BCUT2D eigenvalue weighted by Gasteiger charge is 2.31. The van der Waals surface area contributed by atoms with E-state index in [2.05, 4.69) is 39.9 Å². The minimum Gasteiger partial charge on any atom is -0.481 e. The monoisotopic (exact) mass is 587 g/mol. The number of carbonyl (C=O) groups excluding carboxylic acids is 2. The van der Waals surface area contributed by atoms with Gasteiger partial charge in [-0.25, -0.2) is 4.98 Å². The number of nitrogens with one attached hydrogen (secondary N) is 1. The maximum absolute atomic E-state index is 13.2. The number of benzene rings is 1. The number of hydrogen-bond donors (Lipinski definition) is 2. The summed E-state index contributed by atoms with van der Waals surface area (Å²) in [6.07, 6.45) is 5.24. The third-order valence-corrected chi connectivity index (χ3v) is 8.01. The van der Waals surface area contributed by atoms with E-state index in [4.69, 9.17) is 9.72 Å². The maximum Gasteiger partial charge on any atom is 0.303 e. The smallest absolute Gasteiger partial charge is 0.303 e. The number of unbranched alkanes of at least 4 members (excludes halogenated alkanes) is 1. The van der Waals surface area contributed by atoms with Gasteiger partial charge >= 0.3 is 5.97 Å². The summed E-state index contributed by atoms with van der Waals surface area (Å²) < 4.78 is 6.28. The molecule has 1 aromatic carbocycles. The van der Waals surface area contributed by atoms with Gasteiger partial charge < -0.3 is 20.1 Å². The fourth-order valence-corrected chi connectivity index (χ4v) is 5.75. The van der Waals surface area contributed by atoms with Gasteiger partial charge in [0.25, 0.3) is 5.91 Å². The average Bonchev–Trinajstić information content (AvgIpc) is 3.44. The van der Waals surface area contributed by atoms with Crippen LogP contribution in [0.2, 0.25) is 0 Å². The average molecular weight is 588 g/mol. The topological polar surface area (TPSA) is 109 Å². The third kappa shape index (κ3) is 11.9. The number of amides is 2. The molecule has 2 N–H and O–H groups in total. The summed E-state index contributed by atoms with van der Waals surface area (Å²) in [5.41, 5.74) is 1.33. The Morgan fingerprint density at radius 1 is 1.05 bits per heavy atom. The van der Waals surface area contributed by atoms with E-state index in [1.165, 1.54) is 11.3 Å². The van der Waals surface area contributed by atoms with Crippen LogP contribution in [-0.2, 0) is 20.7 Å². The highest BCUT2D eigenvalue weighted by Crippen LogP contribution is 2.31. The summed E-state index contributed by atoms with van der Waals surface area (Å²) in [5.74, 6) is -0.799. The van der Waals surface area contributed by atoms with Crippen molar-refractivity contribution in [2.24, 2.45) is 5.92 Å². The zero-order valence-corrected chi connectivity index (χ0v) is 26.3. The van der Waals surface area contributed by atoms with E-state index in [1.54, 1.807) is 5.38 Å². The third-order valence-electron chi connectivity index (χ3n) is 7.07. The molecule has 8 nitrogen and oxygen atoms in total. The highest BCUT2D eigenvalue weighted by atomic mass is 32.1. The molecule has 3 atom stereocenters. The summed E-state index contributed by atoms with van der Waals surface area (Å²) in [7, 11) is 0. The summed E-state index contributed by atoms with van der Waals surface area (Å²) in [6, 6.07) is 9.38. The molecule has 0 aliphatic rings. The van der Waals surface area contributed by atoms with Gasteiger partial charge in [-0.15, -0.1) is 11.3 Å². The predicted molar refractivity (Wildman–Crippen MR) is 164 cm³/mol. The number of rotatable bonds is 20. The van der Waals surface area contributed by atoms with Crippen LogP contribution in [0.25, 0.3) is 0 Å². The van der Waals surface area contributed by atoms with Crippen molar-refractivity contribution in [3.8, 4) is 0 Å². The number of aliphatic carboxylic acids is 1. The van der Waals surface area contributed by atoms with Crippen molar-refractivity contribution >= 4 is 29.1 Å². The minimum absolute atomic E-state index is 0.00592. The molecule has 41 heavy (non-hydrogen) atoms. The first-order valence-corrected chi connectivity index (χ1v) is 16.0. The van der Waals surface area contributed by atoms with Crippen LogP contribution in [0.1, 0.15) is 113 Å². The van der Waals surface area contributed by atoms with Crippen LogP contribution in [0.15, 0.2) is 35.7 Å². The lowest BCUT2D eigenvalue weighted by Crippen LogP contribution is -2.44. The Hall–Kier alpha value is -2.78. The first kappa shape index (κ1) is 34.4. The number of hydrogen-bond acceptors (Lipinski definition) is 6. The molecule has 0 aliphatic carbocycles. The maximum atomic E-state index is 13.2. The Balaban J connectivity index is 2.23. The van der Waals surface area contributed by atoms with Gasteiger partial charge in [0.1, 0.15) is 16.8 Å². The minimum atomic E-state index is -0.894. The molecule has 1 heterocycles. The Morgan fingerprint density at radius 2 is 1.78 bits per heavy atom. The van der Waals surface area contributed by atoms with Crippen LogP contribution < -0.4 is 5.32 Å². The van der Waals surface area contributed by atoms with Crippen molar-refractivity contribution in [1.82, 2.24) is 15.2 Å². The summed E-state index contributed by atoms with van der Waals surface area (Å²) >= 11 is 1.39. The number of carboxylic acid groups (broad SMARTS) is 1. The number of thiazole rings is 1. The van der Waals surface area contributed by atoms with Crippen LogP contribution >= 0.6 is 11.3 Å². The van der Waals surface area contributed by atoms with Crippen molar-refractivity contribution in [1.29, 1.82) is 0 Å². The number of carboxylic acids is 1. The zero-order valence-electron chi connectivity index (χ0n) is 25.4. The lowest BCUT2D eigenvalue weighted by Gasteiger charge is -2.36. The number of aromatic nitrogens is 1. The lowest BCUT2D eigenvalue weighted by molar-refractivity contribution is -0.137. The molecular weight excluding hydrogens is 538 g/mol. The molecule has 0 radical (unpaired) electrons. The second-order valence-corrected chi connectivity index (χ2v) is 11.9. The fourth-order valence-electron chi connectivity index (χ4n) is 4.89. The van der Waals surface area contributed by atoms with Crippen LogP contribution in [0.3, 0.4) is 0 Å². The van der Waals surface area contributed by atoms with Crippen LogP contribution in [0.5, 0.6) is 0 Å². The SMILES string of the molecule is CCCCC(=O)N(CCC)C(C[C@@H](OCCC)c1nc(C(=O)N[C@H](CCC(=O)O)Cc2ccccc2)cs1)C(C)C. The van der Waals surface area contributed by atoms with Crippen molar-refractivity contribution < 1.29 is 24.2 Å². The summed E-state index contributed by atoms with van der Waals surface area (Å²) in [5, 5.41) is 14.7. The molecule has 0 aliphatic heterocycles. The standard InChI is InChI=1S/C32H49N3O5S/c1-6-9-15-29(36)35(18-7-2)27(23(4)5)21-28(40-19-8-3)32-34-26(22-41-32)31(39)33-25(16-17-30(37)38)20-24-13-11-10-12-14-24/h10-14,22-23,25,27-28H,6-9,15-21H2,1-5H3,(H,33,39)(H,37,38)/t25-,27?,28-/m1/s1. The van der Waals surface area contributed by atoms with E-state index in [-0.39, 0.29) is 42.3 Å². The van der Waals surface area contributed by atoms with Gasteiger partial charge in [-0.1, -0.05) is 71.4 Å². The molecule has 9 heteroatoms. The Kier molecular flexibility index (Phi) is 15.6. The van der Waals surface area contributed by atoms with E-state index in [0.717, 1.165) is 36.3 Å². The van der Waals surface area contributed by atoms with Crippen LogP contribution in [0, 0.1) is 5.92 Å². The molecule has 2 rings (SSSR count). The predicted octanol–water partition coefficient (Wildman–Crippen LogP) is 6.66. The largest absolute Gasteiger partial charge is 0.481 e. The zero-order chi connectivity index (χ0) is 30.2. The van der Waals surface area contributed by atoms with E-state index in [1.807, 2.05) is 35.2 Å². The van der Waals surface area contributed by atoms with E-state index in [0.29, 0.717) is 44.5 Å². The second kappa shape index (κ2) is 18.6. The highest BCUT2D eigenvalue weighted by molar-refractivity contribution is 7.09. The molecule has 1 aromatic heterocycles. The Morgan fingerprint density at radius 3 is 2.39 bits per heavy atom.